The second kappa shape index (κ2) is 10.9. The first kappa shape index (κ1) is 22.1. The lowest BCUT2D eigenvalue weighted by Crippen LogP contribution is -2.52. The van der Waals surface area contributed by atoms with Gasteiger partial charge in [0.2, 0.25) is 0 Å². The Kier molecular flexibility index (Phi) is 8.93. The summed E-state index contributed by atoms with van der Waals surface area (Å²) in [6.07, 6.45) is -0.784. The molecule has 10 nitrogen and oxygen atoms in total. The summed E-state index contributed by atoms with van der Waals surface area (Å²) in [5.41, 5.74) is 0.853. The van der Waals surface area contributed by atoms with E-state index in [9.17, 15) is 29.4 Å². The minimum Gasteiger partial charge on any atom is -0.508 e. The van der Waals surface area contributed by atoms with Crippen LogP contribution in [0.1, 0.15) is 18.4 Å². The van der Waals surface area contributed by atoms with Crippen LogP contribution in [0.2, 0.25) is 0 Å². The summed E-state index contributed by atoms with van der Waals surface area (Å²) in [4.78, 5) is 44.7. The van der Waals surface area contributed by atoms with E-state index in [1.807, 2.05) is 0 Å². The predicted octanol–water partition coefficient (Wildman–Crippen LogP) is 0.696. The molecule has 2 amide bonds. The lowest BCUT2D eigenvalue weighted by atomic mass is 10.1. The van der Waals surface area contributed by atoms with Crippen molar-refractivity contribution in [2.45, 2.75) is 30.7 Å². The minimum absolute atomic E-state index is 0.0243. The van der Waals surface area contributed by atoms with E-state index in [1.54, 1.807) is 12.1 Å². The number of benzene rings is 1. The highest BCUT2D eigenvalue weighted by molar-refractivity contribution is 7.98. The van der Waals surface area contributed by atoms with Crippen LogP contribution in [0.5, 0.6) is 5.75 Å². The van der Waals surface area contributed by atoms with E-state index in [-0.39, 0.29) is 17.9 Å². The highest BCUT2D eigenvalue weighted by Crippen LogP contribution is 2.16. The van der Waals surface area contributed by atoms with Gasteiger partial charge in [-0.05, 0) is 24.1 Å². The van der Waals surface area contributed by atoms with Gasteiger partial charge >= 0.3 is 23.9 Å². The Hall–Kier alpha value is -2.95. The maximum Gasteiger partial charge on any atom is 0.327 e. The number of thioether (sulfide) groups is 1. The first-order valence-electron chi connectivity index (χ1n) is 7.79. The molecule has 1 rings (SSSR count). The topological polar surface area (TPSA) is 173 Å². The van der Waals surface area contributed by atoms with Gasteiger partial charge in [0.15, 0.2) is 0 Å². The number of carboxylic acids is 3. The molecule has 148 valence electrons. The smallest absolute Gasteiger partial charge is 0.327 e. The van der Waals surface area contributed by atoms with Crippen molar-refractivity contribution < 1.29 is 39.6 Å². The average molecular weight is 400 g/mol. The van der Waals surface area contributed by atoms with E-state index in [0.717, 1.165) is 5.56 Å². The summed E-state index contributed by atoms with van der Waals surface area (Å²) in [7, 11) is 0. The van der Waals surface area contributed by atoms with Gasteiger partial charge in [0.25, 0.3) is 0 Å². The molecule has 1 aromatic rings. The molecule has 11 heteroatoms. The van der Waals surface area contributed by atoms with E-state index in [0.29, 0.717) is 5.75 Å². The van der Waals surface area contributed by atoms with Crippen molar-refractivity contribution in [3.63, 3.8) is 0 Å². The summed E-state index contributed by atoms with van der Waals surface area (Å²) < 4.78 is 0. The molecular weight excluding hydrogens is 380 g/mol. The lowest BCUT2D eigenvalue weighted by molar-refractivity contribution is -0.140. The van der Waals surface area contributed by atoms with E-state index in [2.05, 4.69) is 10.6 Å². The molecule has 0 radical (unpaired) electrons. The summed E-state index contributed by atoms with van der Waals surface area (Å²) in [6, 6.07) is 2.64. The van der Waals surface area contributed by atoms with Crippen LogP contribution in [0, 0.1) is 0 Å². The zero-order valence-corrected chi connectivity index (χ0v) is 14.9. The van der Waals surface area contributed by atoms with Gasteiger partial charge in [-0.15, -0.1) is 0 Å². The SMILES string of the molecule is O=C(O)CC[C@H](NC(=O)N[C@@H](CSCc1ccc(O)cc1)C(=O)O)C(=O)O. The summed E-state index contributed by atoms with van der Waals surface area (Å²) in [6.45, 7) is 0. The highest BCUT2D eigenvalue weighted by Gasteiger charge is 2.24. The number of aromatic hydroxyl groups is 1. The largest absolute Gasteiger partial charge is 0.508 e. The fourth-order valence-electron chi connectivity index (χ4n) is 1.94. The number of nitrogens with one attached hydrogen (secondary N) is 2. The molecule has 0 aliphatic carbocycles. The number of hydrogen-bond donors (Lipinski definition) is 6. The van der Waals surface area contributed by atoms with Gasteiger partial charge in [0.1, 0.15) is 17.8 Å². The molecule has 27 heavy (non-hydrogen) atoms. The molecule has 6 N–H and O–H groups in total. The highest BCUT2D eigenvalue weighted by atomic mass is 32.2. The van der Waals surface area contributed by atoms with Crippen LogP contribution in [-0.2, 0) is 20.1 Å². The van der Waals surface area contributed by atoms with Crippen LogP contribution in [-0.4, -0.2) is 62.2 Å². The van der Waals surface area contributed by atoms with Gasteiger partial charge in [-0.2, -0.15) is 11.8 Å². The maximum absolute atomic E-state index is 11.9. The molecule has 0 unspecified atom stereocenters. The average Bonchev–Trinajstić information content (AvgIpc) is 2.58. The Morgan fingerprint density at radius 1 is 0.926 bits per heavy atom. The van der Waals surface area contributed by atoms with E-state index >= 15 is 0 Å². The molecule has 0 fully saturated rings. The molecule has 0 spiro atoms. The number of carbonyl (C=O) groups excluding carboxylic acids is 1. The number of phenolic OH excluding ortho intramolecular Hbond substituents is 1. The summed E-state index contributed by atoms with van der Waals surface area (Å²) in [5.74, 6) is -3.33. The number of rotatable bonds is 11. The first-order chi connectivity index (χ1) is 12.7. The zero-order chi connectivity index (χ0) is 20.4. The molecule has 2 atom stereocenters. The summed E-state index contributed by atoms with van der Waals surface area (Å²) >= 11 is 1.23. The molecule has 1 aromatic carbocycles. The Bertz CT molecular complexity index is 680. The third-order valence-corrected chi connectivity index (χ3v) is 4.45. The van der Waals surface area contributed by atoms with E-state index in [1.165, 1.54) is 23.9 Å². The van der Waals surface area contributed by atoms with Gasteiger partial charge in [-0.25, -0.2) is 14.4 Å². The van der Waals surface area contributed by atoms with Gasteiger partial charge in [-0.1, -0.05) is 12.1 Å². The second-order valence-electron chi connectivity index (χ2n) is 5.51. The number of amides is 2. The van der Waals surface area contributed by atoms with Crippen molar-refractivity contribution >= 4 is 35.7 Å². The number of carbonyl (C=O) groups is 4. The quantitative estimate of drug-likeness (QED) is 0.312. The molecule has 0 aliphatic rings. The summed E-state index contributed by atoms with van der Waals surface area (Å²) in [5, 5.41) is 40.2. The monoisotopic (exact) mass is 400 g/mol. The first-order valence-corrected chi connectivity index (χ1v) is 8.94. The van der Waals surface area contributed by atoms with Gasteiger partial charge in [0, 0.05) is 17.9 Å². The van der Waals surface area contributed by atoms with Crippen molar-refractivity contribution in [2.24, 2.45) is 0 Å². The molecule has 0 heterocycles. The van der Waals surface area contributed by atoms with Crippen molar-refractivity contribution in [2.75, 3.05) is 5.75 Å². The van der Waals surface area contributed by atoms with Crippen LogP contribution in [0.15, 0.2) is 24.3 Å². The fourth-order valence-corrected chi connectivity index (χ4v) is 2.95. The zero-order valence-electron chi connectivity index (χ0n) is 14.1. The number of hydrogen-bond acceptors (Lipinski definition) is 6. The lowest BCUT2D eigenvalue weighted by Gasteiger charge is -2.18. The molecule has 0 bridgehead atoms. The Morgan fingerprint density at radius 3 is 2.00 bits per heavy atom. The van der Waals surface area contributed by atoms with E-state index < -0.39 is 42.4 Å². The van der Waals surface area contributed by atoms with Gasteiger partial charge in [0.05, 0.1) is 0 Å². The molecule has 0 saturated carbocycles. The number of carboxylic acid groups (broad SMARTS) is 3. The number of aliphatic carboxylic acids is 3. The van der Waals surface area contributed by atoms with E-state index in [4.69, 9.17) is 10.2 Å². The second-order valence-corrected chi connectivity index (χ2v) is 6.54. The molecule has 0 aliphatic heterocycles. The van der Waals surface area contributed by atoms with Crippen molar-refractivity contribution in [1.82, 2.24) is 10.6 Å². The normalized spacial score (nSPS) is 12.6. The van der Waals surface area contributed by atoms with Gasteiger partial charge < -0.3 is 31.1 Å². The van der Waals surface area contributed by atoms with Crippen LogP contribution < -0.4 is 10.6 Å². The maximum atomic E-state index is 11.9. The van der Waals surface area contributed by atoms with Crippen LogP contribution in [0.3, 0.4) is 0 Å². The molecule has 0 saturated heterocycles. The molecule has 0 aromatic heterocycles. The molecular formula is C16H20N2O8S. The fraction of sp³-hybridized carbons (Fsp3) is 0.375. The third-order valence-electron chi connectivity index (χ3n) is 3.34. The van der Waals surface area contributed by atoms with Crippen molar-refractivity contribution in [1.29, 1.82) is 0 Å². The third kappa shape index (κ3) is 8.81. The van der Waals surface area contributed by atoms with Crippen molar-refractivity contribution in [3.8, 4) is 5.75 Å². The number of urea groups is 1. The minimum atomic E-state index is -1.44. The Balaban J connectivity index is 2.52. The number of phenols is 1. The standard InChI is InChI=1S/C16H20N2O8S/c19-10-3-1-9(2-4-10)7-27-8-12(15(24)25)18-16(26)17-11(14(22)23)5-6-13(20)21/h1-4,11-12,19H,5-8H2,(H,20,21)(H,22,23)(H,24,25)(H2,17,18,26)/t11-,12-/m0/s1. The Morgan fingerprint density at radius 2 is 1.48 bits per heavy atom. The Labute approximate surface area is 158 Å². The predicted molar refractivity (Wildman–Crippen MR) is 95.7 cm³/mol. The van der Waals surface area contributed by atoms with Crippen molar-refractivity contribution in [3.05, 3.63) is 29.8 Å². The van der Waals surface area contributed by atoms with Gasteiger partial charge in [-0.3, -0.25) is 4.79 Å². The van der Waals surface area contributed by atoms with Crippen LogP contribution in [0.25, 0.3) is 0 Å². The van der Waals surface area contributed by atoms with Crippen LogP contribution in [0.4, 0.5) is 4.79 Å². The van der Waals surface area contributed by atoms with Crippen LogP contribution >= 0.6 is 11.8 Å².